The average molecular weight is 286 g/mol. The molecule has 0 radical (unpaired) electrons. The molecule has 21 heavy (non-hydrogen) atoms. The first kappa shape index (κ1) is 15.0. The Hall–Kier alpha value is -2.43. The Morgan fingerprint density at radius 3 is 2.62 bits per heavy atom. The van der Waals surface area contributed by atoms with E-state index in [2.05, 4.69) is 18.8 Å². The number of aromatic nitrogens is 1. The monoisotopic (exact) mass is 286 g/mol. The lowest BCUT2D eigenvalue weighted by molar-refractivity contribution is -0.137. The van der Waals surface area contributed by atoms with Crippen molar-refractivity contribution in [3.05, 3.63) is 41.7 Å². The molecule has 2 rings (SSSR count). The van der Waals surface area contributed by atoms with Crippen molar-refractivity contribution < 1.29 is 14.7 Å². The van der Waals surface area contributed by atoms with Crippen LogP contribution in [0.2, 0.25) is 0 Å². The summed E-state index contributed by atoms with van der Waals surface area (Å²) in [6.45, 7) is 3.81. The zero-order chi connectivity index (χ0) is 15.6. The Morgan fingerprint density at radius 2 is 2.00 bits per heavy atom. The van der Waals surface area contributed by atoms with Crippen LogP contribution >= 0.6 is 0 Å². The van der Waals surface area contributed by atoms with E-state index in [-0.39, 0.29) is 12.5 Å². The smallest absolute Gasteiger partial charge is 0.323 e. The Bertz CT molecular complexity index is 695. The number of carboxylic acid groups (broad SMARTS) is 1. The molecule has 0 saturated heterocycles. The Morgan fingerprint density at radius 1 is 1.29 bits per heavy atom. The van der Waals surface area contributed by atoms with Gasteiger partial charge in [0.05, 0.1) is 0 Å². The summed E-state index contributed by atoms with van der Waals surface area (Å²) >= 11 is 0. The second kappa shape index (κ2) is 5.91. The number of benzene rings is 1. The van der Waals surface area contributed by atoms with E-state index >= 15 is 0 Å². The highest BCUT2D eigenvalue weighted by atomic mass is 16.4. The lowest BCUT2D eigenvalue weighted by Crippen LogP contribution is -2.32. The van der Waals surface area contributed by atoms with Crippen molar-refractivity contribution in [3.63, 3.8) is 0 Å². The molecule has 5 heteroatoms. The first-order chi connectivity index (χ1) is 9.90. The Kier molecular flexibility index (Phi) is 4.21. The molecule has 0 spiro atoms. The van der Waals surface area contributed by atoms with Gasteiger partial charge in [0.1, 0.15) is 12.2 Å². The zero-order valence-electron chi connectivity index (χ0n) is 12.3. The summed E-state index contributed by atoms with van der Waals surface area (Å²) < 4.78 is 0. The van der Waals surface area contributed by atoms with Crippen LogP contribution in [-0.2, 0) is 4.79 Å². The number of amides is 1. The van der Waals surface area contributed by atoms with Crippen molar-refractivity contribution in [2.45, 2.75) is 19.8 Å². The van der Waals surface area contributed by atoms with Gasteiger partial charge in [0.15, 0.2) is 0 Å². The summed E-state index contributed by atoms with van der Waals surface area (Å²) in [5, 5.41) is 10.5. The molecule has 0 aliphatic heterocycles. The maximum absolute atomic E-state index is 12.4. The number of fused-ring (bicyclic) bond motifs is 1. The number of rotatable bonds is 4. The summed E-state index contributed by atoms with van der Waals surface area (Å²) in [7, 11) is 1.46. The predicted octanol–water partition coefficient (Wildman–Crippen LogP) is 2.51. The topological polar surface area (TPSA) is 70.5 Å². The van der Waals surface area contributed by atoms with Crippen molar-refractivity contribution in [2.24, 2.45) is 0 Å². The third-order valence-electron chi connectivity index (χ3n) is 3.38. The molecular weight excluding hydrogens is 268 g/mol. The van der Waals surface area contributed by atoms with Gasteiger partial charge in [-0.3, -0.25) is 14.6 Å². The van der Waals surface area contributed by atoms with Gasteiger partial charge in [0, 0.05) is 18.6 Å². The molecule has 1 N–H and O–H groups in total. The fraction of sp³-hybridized carbons (Fsp3) is 0.312. The predicted molar refractivity (Wildman–Crippen MR) is 80.4 cm³/mol. The Balaban J connectivity index is 2.50. The minimum Gasteiger partial charge on any atom is -0.480 e. The molecule has 5 nitrogen and oxygen atoms in total. The molecule has 0 bridgehead atoms. The summed E-state index contributed by atoms with van der Waals surface area (Å²) in [5.41, 5.74) is 1.41. The summed E-state index contributed by atoms with van der Waals surface area (Å²) in [6, 6.07) is 7.78. The highest BCUT2D eigenvalue weighted by Crippen LogP contribution is 2.23. The second-order valence-corrected chi connectivity index (χ2v) is 5.35. The summed E-state index contributed by atoms with van der Waals surface area (Å²) in [4.78, 5) is 28.4. The number of aliphatic carboxylic acids is 1. The molecule has 1 aromatic heterocycles. The molecule has 110 valence electrons. The van der Waals surface area contributed by atoms with Gasteiger partial charge in [-0.15, -0.1) is 0 Å². The van der Waals surface area contributed by atoms with Crippen LogP contribution in [0.4, 0.5) is 0 Å². The van der Waals surface area contributed by atoms with Crippen LogP contribution in [0, 0.1) is 0 Å². The van der Waals surface area contributed by atoms with Crippen molar-refractivity contribution in [3.8, 4) is 0 Å². The number of carboxylic acids is 1. The molecule has 1 aromatic carbocycles. The second-order valence-electron chi connectivity index (χ2n) is 5.35. The normalized spacial score (nSPS) is 10.9. The number of carbonyl (C=O) groups excluding carboxylic acids is 1. The first-order valence-electron chi connectivity index (χ1n) is 6.76. The lowest BCUT2D eigenvalue weighted by atomic mass is 9.98. The molecular formula is C16H18N2O3. The minimum atomic E-state index is -1.05. The van der Waals surface area contributed by atoms with E-state index < -0.39 is 5.97 Å². The third-order valence-corrected chi connectivity index (χ3v) is 3.38. The molecule has 0 unspecified atom stereocenters. The lowest BCUT2D eigenvalue weighted by Gasteiger charge is -2.16. The maximum Gasteiger partial charge on any atom is 0.323 e. The van der Waals surface area contributed by atoms with Crippen molar-refractivity contribution in [1.82, 2.24) is 9.88 Å². The molecule has 0 aliphatic carbocycles. The highest BCUT2D eigenvalue weighted by molar-refractivity contribution is 6.05. The standard InChI is InChI=1S/C16H18N2O3/c1-10(2)12-5-4-11-6-7-17-15(13(11)8-12)16(21)18(3)9-14(19)20/h4-8,10H,9H2,1-3H3,(H,19,20). The fourth-order valence-electron chi connectivity index (χ4n) is 2.17. The van der Waals surface area contributed by atoms with E-state index in [1.165, 1.54) is 7.05 Å². The maximum atomic E-state index is 12.4. The van der Waals surface area contributed by atoms with E-state index in [1.807, 2.05) is 24.3 Å². The number of hydrogen-bond donors (Lipinski definition) is 1. The van der Waals surface area contributed by atoms with Crippen LogP contribution in [0.15, 0.2) is 30.5 Å². The van der Waals surface area contributed by atoms with Crippen LogP contribution in [0.3, 0.4) is 0 Å². The van der Waals surface area contributed by atoms with E-state index in [0.717, 1.165) is 21.2 Å². The summed E-state index contributed by atoms with van der Waals surface area (Å²) in [5.74, 6) is -1.09. The largest absolute Gasteiger partial charge is 0.480 e. The van der Waals surface area contributed by atoms with Gasteiger partial charge in [-0.05, 0) is 29.0 Å². The van der Waals surface area contributed by atoms with Crippen LogP contribution in [0.5, 0.6) is 0 Å². The number of nitrogens with zero attached hydrogens (tertiary/aromatic N) is 2. The Labute approximate surface area is 123 Å². The van der Waals surface area contributed by atoms with Gasteiger partial charge in [-0.1, -0.05) is 26.0 Å². The quantitative estimate of drug-likeness (QED) is 0.937. The van der Waals surface area contributed by atoms with Gasteiger partial charge in [0.2, 0.25) is 0 Å². The van der Waals surface area contributed by atoms with Crippen LogP contribution in [-0.4, -0.2) is 40.5 Å². The molecule has 1 amide bonds. The molecule has 1 heterocycles. The molecule has 2 aromatic rings. The minimum absolute atomic E-state index is 0.291. The molecule has 0 fully saturated rings. The SMILES string of the molecule is CC(C)c1ccc2ccnc(C(=O)N(C)CC(=O)O)c2c1. The van der Waals surface area contributed by atoms with Crippen LogP contribution in [0.25, 0.3) is 10.8 Å². The molecule has 0 aliphatic rings. The van der Waals surface area contributed by atoms with Crippen molar-refractivity contribution in [2.75, 3.05) is 13.6 Å². The van der Waals surface area contributed by atoms with Gasteiger partial charge in [-0.2, -0.15) is 0 Å². The van der Waals surface area contributed by atoms with E-state index in [1.54, 1.807) is 6.20 Å². The number of carbonyl (C=O) groups is 2. The third kappa shape index (κ3) is 3.18. The molecule has 0 saturated carbocycles. The van der Waals surface area contributed by atoms with E-state index in [0.29, 0.717) is 11.6 Å². The van der Waals surface area contributed by atoms with Gasteiger partial charge >= 0.3 is 5.97 Å². The molecule has 0 atom stereocenters. The number of pyridine rings is 1. The summed E-state index contributed by atoms with van der Waals surface area (Å²) in [6.07, 6.45) is 1.57. The first-order valence-corrected chi connectivity index (χ1v) is 6.76. The van der Waals surface area contributed by atoms with Crippen molar-refractivity contribution in [1.29, 1.82) is 0 Å². The van der Waals surface area contributed by atoms with E-state index in [4.69, 9.17) is 5.11 Å². The highest BCUT2D eigenvalue weighted by Gasteiger charge is 2.18. The van der Waals surface area contributed by atoms with E-state index in [9.17, 15) is 9.59 Å². The van der Waals surface area contributed by atoms with Gasteiger partial charge in [-0.25, -0.2) is 0 Å². The fourth-order valence-corrected chi connectivity index (χ4v) is 2.17. The van der Waals surface area contributed by atoms with Crippen LogP contribution < -0.4 is 0 Å². The van der Waals surface area contributed by atoms with Crippen LogP contribution in [0.1, 0.15) is 35.8 Å². The average Bonchev–Trinajstić information content (AvgIpc) is 2.44. The number of hydrogen-bond acceptors (Lipinski definition) is 3. The van der Waals surface area contributed by atoms with Crippen molar-refractivity contribution >= 4 is 22.6 Å². The number of likely N-dealkylation sites (N-methyl/N-ethyl adjacent to an activating group) is 1. The van der Waals surface area contributed by atoms with Gasteiger partial charge in [0.25, 0.3) is 5.91 Å². The van der Waals surface area contributed by atoms with Gasteiger partial charge < -0.3 is 10.0 Å². The zero-order valence-corrected chi connectivity index (χ0v) is 12.3.